The van der Waals surface area contributed by atoms with Crippen LogP contribution >= 0.6 is 12.6 Å². The number of carbonyl (C=O) groups is 2. The van der Waals surface area contributed by atoms with E-state index in [-0.39, 0.29) is 135 Å². The van der Waals surface area contributed by atoms with Gasteiger partial charge in [-0.05, 0) is 25.3 Å². The Balaban J connectivity index is 0.00000169. The van der Waals surface area contributed by atoms with Gasteiger partial charge in [-0.15, -0.1) is 23.9 Å². The van der Waals surface area contributed by atoms with Gasteiger partial charge in [-0.1, -0.05) is 43.5 Å². The monoisotopic (exact) mass is 623 g/mol. The third kappa shape index (κ3) is 7.92. The Kier molecular flexibility index (Phi) is 15.7. The first-order chi connectivity index (χ1) is 19.1. The Bertz CT molecular complexity index is 1330. The number of hydrogen-bond donors (Lipinski definition) is 2. The van der Waals surface area contributed by atoms with Gasteiger partial charge in [0, 0.05) is 36.5 Å². The van der Waals surface area contributed by atoms with Crippen LogP contribution in [0.5, 0.6) is 11.5 Å². The van der Waals surface area contributed by atoms with Gasteiger partial charge < -0.3 is 38.2 Å². The maximum absolute atomic E-state index is 16.1. The second-order valence-corrected chi connectivity index (χ2v) is 9.48. The van der Waals surface area contributed by atoms with Crippen molar-refractivity contribution in [3.05, 3.63) is 73.0 Å². The van der Waals surface area contributed by atoms with Crippen LogP contribution in [0.1, 0.15) is 29.3 Å². The Morgan fingerprint density at radius 2 is 2.02 bits per heavy atom. The number of halogens is 2. The Morgan fingerprint density at radius 3 is 2.62 bits per heavy atom. The van der Waals surface area contributed by atoms with Crippen LogP contribution in [0, 0.1) is 25.1 Å². The van der Waals surface area contributed by atoms with E-state index in [1.54, 1.807) is 16.7 Å². The summed E-state index contributed by atoms with van der Waals surface area (Å²) in [6.07, 6.45) is 2.60. The number of amides is 2. The normalized spacial score (nSPS) is 16.0. The molecule has 0 aromatic heterocycles. The molecule has 1 atom stereocenters. The number of rotatable bonds is 5. The van der Waals surface area contributed by atoms with Crippen molar-refractivity contribution < 1.29 is 79.2 Å². The zero-order valence-corrected chi connectivity index (χ0v) is 28.7. The van der Waals surface area contributed by atoms with Crippen LogP contribution in [0.2, 0.25) is 13.6 Å². The van der Waals surface area contributed by atoms with Crippen molar-refractivity contribution in [3.8, 4) is 22.6 Å². The molecule has 42 heavy (non-hydrogen) atoms. The molecule has 0 bridgehead atoms. The third-order valence-electron chi connectivity index (χ3n) is 6.38. The first kappa shape index (κ1) is 38.0. The quantitative estimate of drug-likeness (QED) is 0.230. The van der Waals surface area contributed by atoms with Crippen LogP contribution in [-0.4, -0.2) is 67.8 Å². The molecule has 1 fully saturated rings. The summed E-state index contributed by atoms with van der Waals surface area (Å²) in [7, 11) is 2.00. The first-order valence-electron chi connectivity index (χ1n) is 12.8. The van der Waals surface area contributed by atoms with Crippen LogP contribution in [0.4, 0.5) is 8.78 Å². The molecular weight excluding hydrogens is 588 g/mol. The van der Waals surface area contributed by atoms with E-state index in [9.17, 15) is 14.0 Å². The molecule has 0 aliphatic carbocycles. The summed E-state index contributed by atoms with van der Waals surface area (Å²) in [4.78, 5) is 28.9. The second-order valence-electron chi connectivity index (χ2n) is 9.03. The minimum atomic E-state index is -0.916. The Labute approximate surface area is 295 Å². The molecule has 2 aromatic carbocycles. The van der Waals surface area contributed by atoms with Gasteiger partial charge in [0.1, 0.15) is 13.1 Å². The predicted octanol–water partition coefficient (Wildman–Crippen LogP) is 2.29. The molecule has 2 aliphatic heterocycles. The topological polar surface area (TPSA) is 109 Å². The van der Waals surface area contributed by atoms with E-state index in [0.717, 1.165) is 12.3 Å². The van der Waals surface area contributed by atoms with E-state index in [2.05, 4.69) is 25.3 Å². The Morgan fingerprint density at radius 1 is 1.36 bits per heavy atom. The summed E-state index contributed by atoms with van der Waals surface area (Å²) in [5.74, 6) is -2.72. The van der Waals surface area contributed by atoms with Gasteiger partial charge in [0.2, 0.25) is 11.8 Å². The fourth-order valence-electron chi connectivity index (χ4n) is 4.59. The van der Waals surface area contributed by atoms with E-state index in [1.807, 2.05) is 20.9 Å². The SMILES string of the molecule is C=CC(=O)N1CCN2C(=O)c3c([c-]c(-c4ccc(F)c(S)c4/C([NH-])=C/N)c(F)c3OCC)OCCC2C1.C[B]C.[CH3-].[K+]. The minimum Gasteiger partial charge on any atom is -0.698 e. The smallest absolute Gasteiger partial charge is 0.698 e. The van der Waals surface area contributed by atoms with E-state index in [4.69, 9.17) is 20.9 Å². The molecule has 221 valence electrons. The average molecular weight is 624 g/mol. The van der Waals surface area contributed by atoms with E-state index in [0.29, 0.717) is 19.5 Å². The van der Waals surface area contributed by atoms with Crippen molar-refractivity contribution in [1.29, 1.82) is 0 Å². The number of thiol groups is 1. The van der Waals surface area contributed by atoms with Crippen molar-refractivity contribution in [2.45, 2.75) is 37.9 Å². The van der Waals surface area contributed by atoms with Crippen molar-refractivity contribution in [2.75, 3.05) is 32.8 Å². The number of ether oxygens (including phenoxy) is 2. The number of carbonyl (C=O) groups excluding carboxylic acids is 2. The third-order valence-corrected chi connectivity index (χ3v) is 6.81. The number of nitrogens with one attached hydrogen (secondary N) is 1. The van der Waals surface area contributed by atoms with Gasteiger partial charge >= 0.3 is 51.4 Å². The molecule has 2 aliphatic rings. The van der Waals surface area contributed by atoms with Gasteiger partial charge in [-0.25, -0.2) is 4.39 Å². The van der Waals surface area contributed by atoms with Crippen LogP contribution in [0.15, 0.2) is 35.9 Å². The fourth-order valence-corrected chi connectivity index (χ4v) is 4.91. The fraction of sp³-hybridized carbons (Fsp3) is 0.345. The summed E-state index contributed by atoms with van der Waals surface area (Å²) < 4.78 is 41.9. The van der Waals surface area contributed by atoms with Crippen LogP contribution in [0.3, 0.4) is 0 Å². The number of fused-ring (bicyclic) bond motifs is 2. The molecule has 0 spiro atoms. The standard InChI is InChI=1S/C26H26F2N4O4S.C2H6B.CH3.K/c1-3-20(33)31-8-9-32-14(13-31)7-10-36-19-11-16(23(28)24(35-4-2)22(19)26(32)34)15-5-6-17(27)25(37)21(15)18(30)12-29;1-3-2;;/h3,5-6,12,14,30,37H,1,4,7-10,13H2,2H3,(H2,29,34);1-2H3;1H3;/q-2;;-1;+1. The molecule has 8 nitrogen and oxygen atoms in total. The zero-order valence-electron chi connectivity index (χ0n) is 24.7. The molecule has 1 radical (unpaired) electrons. The largest absolute Gasteiger partial charge is 1.00 e. The van der Waals surface area contributed by atoms with Gasteiger partial charge in [0.05, 0.1) is 36.6 Å². The van der Waals surface area contributed by atoms with Gasteiger partial charge in [0.15, 0.2) is 0 Å². The number of benzene rings is 2. The molecule has 3 N–H and O–H groups in total. The summed E-state index contributed by atoms with van der Waals surface area (Å²) in [6.45, 7) is 10.2. The van der Waals surface area contributed by atoms with Crippen LogP contribution in [0.25, 0.3) is 22.6 Å². The van der Waals surface area contributed by atoms with Crippen LogP contribution < -0.4 is 66.6 Å². The number of hydrogen-bond acceptors (Lipinski definition) is 6. The van der Waals surface area contributed by atoms with Crippen molar-refractivity contribution in [3.63, 3.8) is 0 Å². The van der Waals surface area contributed by atoms with E-state index < -0.39 is 17.5 Å². The van der Waals surface area contributed by atoms with Crippen LogP contribution in [-0.2, 0) is 4.79 Å². The maximum Gasteiger partial charge on any atom is 1.00 e. The molecule has 0 saturated carbocycles. The zero-order chi connectivity index (χ0) is 29.6. The first-order valence-corrected chi connectivity index (χ1v) is 13.3. The van der Waals surface area contributed by atoms with Crippen molar-refractivity contribution in [2.24, 2.45) is 5.73 Å². The molecule has 1 unspecified atom stereocenters. The van der Waals surface area contributed by atoms with Crippen molar-refractivity contribution >= 4 is 37.4 Å². The number of nitrogens with zero attached hydrogens (tertiary/aromatic N) is 2. The summed E-state index contributed by atoms with van der Waals surface area (Å²) in [5.41, 5.74) is 13.2. The molecule has 4 rings (SSSR count). The average Bonchev–Trinajstić information content (AvgIpc) is 2.94. The van der Waals surface area contributed by atoms with Gasteiger partial charge in [-0.2, -0.15) is 0 Å². The maximum atomic E-state index is 16.1. The number of nitrogens with two attached hydrogens (primary N) is 1. The summed E-state index contributed by atoms with van der Waals surface area (Å²) in [5, 5.41) is 0. The predicted molar refractivity (Wildman–Crippen MR) is 161 cm³/mol. The van der Waals surface area contributed by atoms with E-state index in [1.165, 1.54) is 12.1 Å². The summed E-state index contributed by atoms with van der Waals surface area (Å²) in [6, 6.07) is 4.87. The molecule has 2 amide bonds. The number of piperazine rings is 1. The minimum absolute atomic E-state index is 0. The van der Waals surface area contributed by atoms with Gasteiger partial charge in [-0.3, -0.25) is 14.0 Å². The Hall–Kier alpha value is -2.03. The van der Waals surface area contributed by atoms with Gasteiger partial charge in [0.25, 0.3) is 0 Å². The molecular formula is C29H35BF2KN4O4S-2. The molecule has 2 heterocycles. The second kappa shape index (κ2) is 17.3. The molecule has 13 heteroatoms. The van der Waals surface area contributed by atoms with E-state index >= 15 is 4.39 Å². The molecule has 2 aromatic rings. The van der Waals surface area contributed by atoms with Crippen molar-refractivity contribution in [1.82, 2.24) is 9.80 Å². The molecule has 1 saturated heterocycles. The summed E-state index contributed by atoms with van der Waals surface area (Å²) >= 11 is 4.17.